The van der Waals surface area contributed by atoms with Crippen molar-refractivity contribution in [3.8, 4) is 23.0 Å². The zero-order valence-electron chi connectivity index (χ0n) is 10.5. The molecule has 0 radical (unpaired) electrons. The van der Waals surface area contributed by atoms with Crippen LogP contribution in [0, 0.1) is 0 Å². The van der Waals surface area contributed by atoms with Crippen molar-refractivity contribution in [1.82, 2.24) is 10.1 Å². The Morgan fingerprint density at radius 2 is 2.32 bits per heavy atom. The molecule has 0 bridgehead atoms. The van der Waals surface area contributed by atoms with Crippen molar-refractivity contribution < 1.29 is 19.1 Å². The summed E-state index contributed by atoms with van der Waals surface area (Å²) in [5, 5.41) is 13.8. The molecular weight excluding hydrogens is 248 g/mol. The van der Waals surface area contributed by atoms with Gasteiger partial charge in [0.25, 0.3) is 5.89 Å². The molecule has 1 unspecified atom stereocenters. The van der Waals surface area contributed by atoms with Crippen LogP contribution in [0.5, 0.6) is 11.5 Å². The smallest absolute Gasteiger partial charge is 0.261 e. The number of hydrogen-bond donors (Lipinski definition) is 1. The highest BCUT2D eigenvalue weighted by molar-refractivity contribution is 5.64. The quantitative estimate of drug-likeness (QED) is 0.911. The van der Waals surface area contributed by atoms with Crippen molar-refractivity contribution in [2.45, 2.75) is 12.3 Å². The number of phenols is 1. The summed E-state index contributed by atoms with van der Waals surface area (Å²) >= 11 is 0. The van der Waals surface area contributed by atoms with Crippen molar-refractivity contribution in [2.24, 2.45) is 0 Å². The number of aromatic hydroxyl groups is 1. The highest BCUT2D eigenvalue weighted by Crippen LogP contribution is 2.33. The lowest BCUT2D eigenvalue weighted by molar-refractivity contribution is 0.192. The zero-order chi connectivity index (χ0) is 13.2. The molecule has 1 aromatic heterocycles. The maximum Gasteiger partial charge on any atom is 0.261 e. The van der Waals surface area contributed by atoms with E-state index in [1.165, 1.54) is 6.07 Å². The predicted molar refractivity (Wildman–Crippen MR) is 66.1 cm³/mol. The van der Waals surface area contributed by atoms with Gasteiger partial charge in [0.1, 0.15) is 11.5 Å². The Morgan fingerprint density at radius 3 is 3.05 bits per heavy atom. The van der Waals surface area contributed by atoms with Crippen LogP contribution >= 0.6 is 0 Å². The molecule has 0 amide bonds. The second-order valence-electron chi connectivity index (χ2n) is 4.40. The minimum Gasteiger partial charge on any atom is -0.507 e. The lowest BCUT2D eigenvalue weighted by atomic mass is 10.1. The third kappa shape index (κ3) is 2.26. The summed E-state index contributed by atoms with van der Waals surface area (Å²) in [4.78, 5) is 4.33. The highest BCUT2D eigenvalue weighted by atomic mass is 16.5. The number of nitrogens with zero attached hydrogens (tertiary/aromatic N) is 2. The Labute approximate surface area is 110 Å². The van der Waals surface area contributed by atoms with Crippen molar-refractivity contribution in [2.75, 3.05) is 20.3 Å². The normalized spacial score (nSPS) is 18.7. The molecule has 6 heteroatoms. The molecule has 1 aromatic carbocycles. The molecule has 0 saturated carbocycles. The van der Waals surface area contributed by atoms with Crippen molar-refractivity contribution in [3.63, 3.8) is 0 Å². The van der Waals surface area contributed by atoms with Crippen molar-refractivity contribution in [3.05, 3.63) is 24.0 Å². The van der Waals surface area contributed by atoms with Crippen LogP contribution in [0.1, 0.15) is 18.2 Å². The van der Waals surface area contributed by atoms with Crippen LogP contribution in [0.2, 0.25) is 0 Å². The second kappa shape index (κ2) is 4.89. The van der Waals surface area contributed by atoms with Crippen LogP contribution in [0.25, 0.3) is 11.5 Å². The van der Waals surface area contributed by atoms with Crippen LogP contribution in [0.4, 0.5) is 0 Å². The van der Waals surface area contributed by atoms with E-state index in [0.29, 0.717) is 29.6 Å². The fourth-order valence-electron chi connectivity index (χ4n) is 2.06. The average Bonchev–Trinajstić information content (AvgIpc) is 3.10. The molecule has 0 spiro atoms. The van der Waals surface area contributed by atoms with E-state index < -0.39 is 0 Å². The minimum atomic E-state index is 0.0821. The first-order valence-corrected chi connectivity index (χ1v) is 6.06. The fourth-order valence-corrected chi connectivity index (χ4v) is 2.06. The number of phenolic OH excluding ortho intramolecular Hbond substituents is 1. The maximum absolute atomic E-state index is 9.85. The van der Waals surface area contributed by atoms with E-state index in [2.05, 4.69) is 10.1 Å². The van der Waals surface area contributed by atoms with E-state index in [-0.39, 0.29) is 11.7 Å². The van der Waals surface area contributed by atoms with Crippen LogP contribution in [0.3, 0.4) is 0 Å². The number of aromatic nitrogens is 2. The SMILES string of the molecule is COc1ccc(O)c(-c2nc(C3CCOC3)no2)c1. The molecule has 3 rings (SSSR count). The number of hydrogen-bond acceptors (Lipinski definition) is 6. The first-order chi connectivity index (χ1) is 9.28. The molecule has 1 saturated heterocycles. The molecule has 19 heavy (non-hydrogen) atoms. The Bertz CT molecular complexity index is 576. The summed E-state index contributed by atoms with van der Waals surface area (Å²) in [5.74, 6) is 1.79. The van der Waals surface area contributed by atoms with E-state index in [4.69, 9.17) is 14.0 Å². The van der Waals surface area contributed by atoms with E-state index in [9.17, 15) is 5.11 Å². The van der Waals surface area contributed by atoms with Crippen LogP contribution < -0.4 is 4.74 Å². The van der Waals surface area contributed by atoms with E-state index in [0.717, 1.165) is 13.0 Å². The molecule has 6 nitrogen and oxygen atoms in total. The van der Waals surface area contributed by atoms with E-state index in [1.54, 1.807) is 19.2 Å². The Kier molecular flexibility index (Phi) is 3.08. The van der Waals surface area contributed by atoms with Gasteiger partial charge in [-0.05, 0) is 24.6 Å². The molecule has 0 aliphatic carbocycles. The van der Waals surface area contributed by atoms with E-state index in [1.807, 2.05) is 0 Å². The molecule has 100 valence electrons. The zero-order valence-corrected chi connectivity index (χ0v) is 10.5. The Morgan fingerprint density at radius 1 is 1.42 bits per heavy atom. The molecule has 2 heterocycles. The van der Waals surface area contributed by atoms with Gasteiger partial charge >= 0.3 is 0 Å². The van der Waals surface area contributed by atoms with Gasteiger partial charge in [0.2, 0.25) is 0 Å². The van der Waals surface area contributed by atoms with Crippen molar-refractivity contribution >= 4 is 0 Å². The fraction of sp³-hybridized carbons (Fsp3) is 0.385. The van der Waals surface area contributed by atoms with Gasteiger partial charge in [0.15, 0.2) is 5.82 Å². The molecule has 1 fully saturated rings. The van der Waals surface area contributed by atoms with Gasteiger partial charge in [0, 0.05) is 12.5 Å². The summed E-state index contributed by atoms with van der Waals surface area (Å²) in [5.41, 5.74) is 0.469. The number of ether oxygens (including phenoxy) is 2. The van der Waals surface area contributed by atoms with Gasteiger partial charge in [-0.1, -0.05) is 5.16 Å². The van der Waals surface area contributed by atoms with Crippen LogP contribution in [-0.2, 0) is 4.74 Å². The van der Waals surface area contributed by atoms with E-state index >= 15 is 0 Å². The lowest BCUT2D eigenvalue weighted by Crippen LogP contribution is -1.99. The maximum atomic E-state index is 9.85. The standard InChI is InChI=1S/C13H14N2O4/c1-17-9-2-3-11(16)10(6-9)13-14-12(15-19-13)8-4-5-18-7-8/h2-3,6,8,16H,4-5,7H2,1H3. The molecule has 1 aliphatic rings. The molecule has 1 aliphatic heterocycles. The summed E-state index contributed by atoms with van der Waals surface area (Å²) in [6.45, 7) is 1.34. The Hall–Kier alpha value is -2.08. The number of rotatable bonds is 3. The van der Waals surface area contributed by atoms with Gasteiger partial charge in [0.05, 0.1) is 19.3 Å². The summed E-state index contributed by atoms with van der Waals surface area (Å²) in [6, 6.07) is 4.87. The molecule has 1 N–H and O–H groups in total. The van der Waals surface area contributed by atoms with Gasteiger partial charge in [-0.2, -0.15) is 4.98 Å². The van der Waals surface area contributed by atoms with Gasteiger partial charge in [-0.15, -0.1) is 0 Å². The summed E-state index contributed by atoms with van der Waals surface area (Å²) < 4.78 is 15.6. The first-order valence-electron chi connectivity index (χ1n) is 6.06. The first kappa shape index (κ1) is 12.0. The Balaban J connectivity index is 1.93. The molecule has 1 atom stereocenters. The van der Waals surface area contributed by atoms with Gasteiger partial charge in [-0.3, -0.25) is 0 Å². The second-order valence-corrected chi connectivity index (χ2v) is 4.40. The third-order valence-electron chi connectivity index (χ3n) is 3.17. The minimum absolute atomic E-state index is 0.0821. The lowest BCUT2D eigenvalue weighted by Gasteiger charge is -2.03. The van der Waals surface area contributed by atoms with Gasteiger partial charge in [-0.25, -0.2) is 0 Å². The highest BCUT2D eigenvalue weighted by Gasteiger charge is 2.24. The molecular formula is C13H14N2O4. The van der Waals surface area contributed by atoms with Gasteiger partial charge < -0.3 is 19.1 Å². The largest absolute Gasteiger partial charge is 0.507 e. The predicted octanol–water partition coefficient (Wildman–Crippen LogP) is 1.95. The number of benzene rings is 1. The topological polar surface area (TPSA) is 77.6 Å². The monoisotopic (exact) mass is 262 g/mol. The summed E-state index contributed by atoms with van der Waals surface area (Å²) in [7, 11) is 1.56. The third-order valence-corrected chi connectivity index (χ3v) is 3.17. The number of methoxy groups -OCH3 is 1. The molecule has 2 aromatic rings. The van der Waals surface area contributed by atoms with Crippen LogP contribution in [0.15, 0.2) is 22.7 Å². The average molecular weight is 262 g/mol. The van der Waals surface area contributed by atoms with Crippen molar-refractivity contribution in [1.29, 1.82) is 0 Å². The van der Waals surface area contributed by atoms with Crippen LogP contribution in [-0.4, -0.2) is 35.6 Å². The summed E-state index contributed by atoms with van der Waals surface area (Å²) in [6.07, 6.45) is 0.892.